The fourth-order valence-corrected chi connectivity index (χ4v) is 2.94. The van der Waals surface area contributed by atoms with Crippen molar-refractivity contribution < 1.29 is 0 Å². The van der Waals surface area contributed by atoms with Gasteiger partial charge < -0.3 is 5.73 Å². The number of thioether (sulfide) groups is 1. The van der Waals surface area contributed by atoms with Crippen LogP contribution >= 0.6 is 23.4 Å². The maximum Gasteiger partial charge on any atom is 0.0541 e. The molecule has 1 aromatic carbocycles. The monoisotopic (exact) mass is 255 g/mol. The molecule has 0 bridgehead atoms. The number of hydrogen-bond donors (Lipinski definition) is 1. The molecule has 1 fully saturated rings. The van der Waals surface area contributed by atoms with E-state index in [0.717, 1.165) is 28.0 Å². The zero-order valence-electron chi connectivity index (χ0n) is 9.36. The van der Waals surface area contributed by atoms with E-state index in [1.807, 2.05) is 18.2 Å². The van der Waals surface area contributed by atoms with Gasteiger partial charge in [0.2, 0.25) is 0 Å². The molecule has 1 atom stereocenters. The summed E-state index contributed by atoms with van der Waals surface area (Å²) < 4.78 is 0. The van der Waals surface area contributed by atoms with Crippen LogP contribution in [0.15, 0.2) is 29.2 Å². The summed E-state index contributed by atoms with van der Waals surface area (Å²) in [5, 5.41) is 0.835. The third-order valence-corrected chi connectivity index (χ3v) is 4.64. The van der Waals surface area contributed by atoms with Gasteiger partial charge in [0.1, 0.15) is 0 Å². The topological polar surface area (TPSA) is 26.0 Å². The standard InChI is InChI=1S/C13H18ClNS/c14-12-3-1-2-4-13(12)16-9-11(15)8-7-10-5-6-10/h1-4,10-11H,5-9,15H2. The van der Waals surface area contributed by atoms with Crippen molar-refractivity contribution in [3.63, 3.8) is 0 Å². The van der Waals surface area contributed by atoms with Crippen LogP contribution in [0.2, 0.25) is 5.02 Å². The van der Waals surface area contributed by atoms with E-state index in [0.29, 0.717) is 6.04 Å². The number of halogens is 1. The van der Waals surface area contributed by atoms with Gasteiger partial charge in [-0.05, 0) is 30.9 Å². The first-order valence-corrected chi connectivity index (χ1v) is 7.25. The predicted molar refractivity (Wildman–Crippen MR) is 72.1 cm³/mol. The molecule has 1 nitrogen and oxygen atoms in total. The molecule has 1 aliphatic carbocycles. The highest BCUT2D eigenvalue weighted by atomic mass is 35.5. The normalized spacial score (nSPS) is 17.4. The molecule has 0 amide bonds. The molecule has 0 aromatic heterocycles. The molecule has 3 heteroatoms. The zero-order chi connectivity index (χ0) is 11.4. The number of hydrogen-bond acceptors (Lipinski definition) is 2. The maximum absolute atomic E-state index is 6.08. The second kappa shape index (κ2) is 5.95. The van der Waals surface area contributed by atoms with Crippen molar-refractivity contribution in [2.75, 3.05) is 5.75 Å². The first-order valence-electron chi connectivity index (χ1n) is 5.88. The molecule has 88 valence electrons. The van der Waals surface area contributed by atoms with Crippen molar-refractivity contribution in [3.8, 4) is 0 Å². The van der Waals surface area contributed by atoms with Crippen molar-refractivity contribution in [2.45, 2.75) is 36.6 Å². The van der Waals surface area contributed by atoms with E-state index >= 15 is 0 Å². The van der Waals surface area contributed by atoms with Crippen molar-refractivity contribution in [1.82, 2.24) is 0 Å². The van der Waals surface area contributed by atoms with Gasteiger partial charge in [0, 0.05) is 16.7 Å². The molecular weight excluding hydrogens is 238 g/mol. The van der Waals surface area contributed by atoms with Crippen LogP contribution in [0.5, 0.6) is 0 Å². The van der Waals surface area contributed by atoms with E-state index in [1.54, 1.807) is 11.8 Å². The molecule has 0 aliphatic heterocycles. The molecule has 1 saturated carbocycles. The Morgan fingerprint density at radius 1 is 1.38 bits per heavy atom. The van der Waals surface area contributed by atoms with Crippen LogP contribution < -0.4 is 5.73 Å². The van der Waals surface area contributed by atoms with Crippen molar-refractivity contribution in [1.29, 1.82) is 0 Å². The number of nitrogens with two attached hydrogens (primary N) is 1. The Hall–Kier alpha value is -0.180. The van der Waals surface area contributed by atoms with Crippen LogP contribution in [-0.4, -0.2) is 11.8 Å². The summed E-state index contributed by atoms with van der Waals surface area (Å²) in [5.74, 6) is 1.95. The van der Waals surface area contributed by atoms with Gasteiger partial charge in [0.15, 0.2) is 0 Å². The molecule has 1 unspecified atom stereocenters. The smallest absolute Gasteiger partial charge is 0.0541 e. The molecule has 16 heavy (non-hydrogen) atoms. The van der Waals surface area contributed by atoms with Gasteiger partial charge in [-0.15, -0.1) is 11.8 Å². The fraction of sp³-hybridized carbons (Fsp3) is 0.538. The molecule has 1 aromatic rings. The minimum atomic E-state index is 0.307. The Labute approximate surface area is 107 Å². The molecule has 0 heterocycles. The molecule has 2 rings (SSSR count). The minimum Gasteiger partial charge on any atom is -0.327 e. The first kappa shape index (κ1) is 12.3. The third-order valence-electron chi connectivity index (χ3n) is 2.93. The Bertz CT molecular complexity index is 338. The van der Waals surface area contributed by atoms with Gasteiger partial charge in [0.05, 0.1) is 5.02 Å². The molecule has 0 radical (unpaired) electrons. The Kier molecular flexibility index (Phi) is 4.56. The Morgan fingerprint density at radius 2 is 2.12 bits per heavy atom. The highest BCUT2D eigenvalue weighted by molar-refractivity contribution is 7.99. The van der Waals surface area contributed by atoms with E-state index in [9.17, 15) is 0 Å². The summed E-state index contributed by atoms with van der Waals surface area (Å²) >= 11 is 7.85. The van der Waals surface area contributed by atoms with Crippen LogP contribution in [0.1, 0.15) is 25.7 Å². The van der Waals surface area contributed by atoms with Gasteiger partial charge >= 0.3 is 0 Å². The van der Waals surface area contributed by atoms with Gasteiger partial charge in [-0.25, -0.2) is 0 Å². The van der Waals surface area contributed by atoms with Crippen LogP contribution in [0.3, 0.4) is 0 Å². The van der Waals surface area contributed by atoms with Gasteiger partial charge in [0.25, 0.3) is 0 Å². The van der Waals surface area contributed by atoms with E-state index in [1.165, 1.54) is 19.3 Å². The van der Waals surface area contributed by atoms with Crippen molar-refractivity contribution >= 4 is 23.4 Å². The van der Waals surface area contributed by atoms with Crippen LogP contribution in [0.25, 0.3) is 0 Å². The average molecular weight is 256 g/mol. The SMILES string of the molecule is NC(CCC1CC1)CSc1ccccc1Cl. The Morgan fingerprint density at radius 3 is 2.81 bits per heavy atom. The zero-order valence-corrected chi connectivity index (χ0v) is 10.9. The molecule has 2 N–H and O–H groups in total. The van der Waals surface area contributed by atoms with Crippen LogP contribution in [0, 0.1) is 5.92 Å². The summed E-state index contributed by atoms with van der Waals surface area (Å²) in [5.41, 5.74) is 6.08. The van der Waals surface area contributed by atoms with E-state index in [2.05, 4.69) is 6.07 Å². The summed E-state index contributed by atoms with van der Waals surface area (Å²) in [6, 6.07) is 8.27. The third kappa shape index (κ3) is 4.00. The van der Waals surface area contributed by atoms with Crippen molar-refractivity contribution in [3.05, 3.63) is 29.3 Å². The number of rotatable bonds is 6. The first-order chi connectivity index (χ1) is 7.75. The fourth-order valence-electron chi connectivity index (χ4n) is 1.70. The minimum absolute atomic E-state index is 0.307. The molecule has 1 aliphatic rings. The van der Waals surface area contributed by atoms with E-state index < -0.39 is 0 Å². The van der Waals surface area contributed by atoms with Crippen molar-refractivity contribution in [2.24, 2.45) is 11.7 Å². The quantitative estimate of drug-likeness (QED) is 0.779. The van der Waals surface area contributed by atoms with E-state index in [-0.39, 0.29) is 0 Å². The largest absolute Gasteiger partial charge is 0.327 e. The summed E-state index contributed by atoms with van der Waals surface area (Å²) in [6.45, 7) is 0. The summed E-state index contributed by atoms with van der Waals surface area (Å²) in [7, 11) is 0. The number of benzene rings is 1. The van der Waals surface area contributed by atoms with Gasteiger partial charge in [-0.2, -0.15) is 0 Å². The lowest BCUT2D eigenvalue weighted by atomic mass is 10.1. The lowest BCUT2D eigenvalue weighted by Crippen LogP contribution is -2.22. The van der Waals surface area contributed by atoms with Crippen LogP contribution in [-0.2, 0) is 0 Å². The lowest BCUT2D eigenvalue weighted by molar-refractivity contribution is 0.591. The average Bonchev–Trinajstić information content (AvgIpc) is 3.09. The summed E-state index contributed by atoms with van der Waals surface area (Å²) in [4.78, 5) is 1.14. The summed E-state index contributed by atoms with van der Waals surface area (Å²) in [6.07, 6.45) is 5.31. The molecule has 0 spiro atoms. The highest BCUT2D eigenvalue weighted by Gasteiger charge is 2.21. The lowest BCUT2D eigenvalue weighted by Gasteiger charge is -2.11. The van der Waals surface area contributed by atoms with E-state index in [4.69, 9.17) is 17.3 Å². The maximum atomic E-state index is 6.08. The molecule has 0 saturated heterocycles. The highest BCUT2D eigenvalue weighted by Crippen LogP contribution is 2.34. The molecular formula is C13H18ClNS. The second-order valence-electron chi connectivity index (χ2n) is 4.52. The van der Waals surface area contributed by atoms with Gasteiger partial charge in [-0.3, -0.25) is 0 Å². The Balaban J connectivity index is 1.71. The van der Waals surface area contributed by atoms with Crippen LogP contribution in [0.4, 0.5) is 0 Å². The predicted octanol–water partition coefficient (Wildman–Crippen LogP) is 3.95. The second-order valence-corrected chi connectivity index (χ2v) is 5.99. The van der Waals surface area contributed by atoms with Gasteiger partial charge in [-0.1, -0.05) is 36.6 Å².